The third kappa shape index (κ3) is 4.76. The normalized spacial score (nSPS) is 29.7. The highest BCUT2D eigenvalue weighted by molar-refractivity contribution is 4.93. The minimum absolute atomic E-state index is 0.493. The van der Waals surface area contributed by atoms with Crippen LogP contribution in [-0.4, -0.2) is 13.1 Å². The predicted octanol–water partition coefficient (Wildman–Crippen LogP) is 5.50. The van der Waals surface area contributed by atoms with Crippen molar-refractivity contribution in [2.75, 3.05) is 13.1 Å². The van der Waals surface area contributed by atoms with E-state index in [2.05, 4.69) is 53.8 Å². The molecule has 0 aromatic rings. The SMILES string of the molecule is CCC(C)C1(CNCC(C)C)CCC(C(C)(C)C)CC1. The van der Waals surface area contributed by atoms with Crippen LogP contribution in [-0.2, 0) is 0 Å². The van der Waals surface area contributed by atoms with Crippen LogP contribution in [0.25, 0.3) is 0 Å². The Hall–Kier alpha value is -0.0400. The quantitative estimate of drug-likeness (QED) is 0.678. The van der Waals surface area contributed by atoms with Gasteiger partial charge in [-0.1, -0.05) is 54.9 Å². The second-order valence-electron chi connectivity index (χ2n) is 8.84. The second-order valence-corrected chi connectivity index (χ2v) is 8.84. The van der Waals surface area contributed by atoms with E-state index in [4.69, 9.17) is 0 Å². The fourth-order valence-corrected chi connectivity index (χ4v) is 3.95. The molecule has 1 fully saturated rings. The Balaban J connectivity index is 2.63. The molecule has 0 bridgehead atoms. The maximum absolute atomic E-state index is 3.76. The molecule has 0 amide bonds. The Kier molecular flexibility index (Phi) is 6.57. The molecule has 0 spiro atoms. The second kappa shape index (κ2) is 7.29. The molecule has 1 N–H and O–H groups in total. The van der Waals surface area contributed by atoms with Crippen LogP contribution < -0.4 is 5.32 Å². The van der Waals surface area contributed by atoms with Crippen molar-refractivity contribution < 1.29 is 0 Å². The van der Waals surface area contributed by atoms with Crippen molar-refractivity contribution in [1.82, 2.24) is 5.32 Å². The number of hydrogen-bond acceptors (Lipinski definition) is 1. The van der Waals surface area contributed by atoms with Crippen molar-refractivity contribution in [3.8, 4) is 0 Å². The summed E-state index contributed by atoms with van der Waals surface area (Å²) in [5.74, 6) is 2.53. The molecule has 0 aromatic heterocycles. The minimum Gasteiger partial charge on any atom is -0.316 e. The molecule has 0 radical (unpaired) electrons. The van der Waals surface area contributed by atoms with E-state index in [-0.39, 0.29) is 0 Å². The first-order chi connectivity index (χ1) is 9.21. The summed E-state index contributed by atoms with van der Waals surface area (Å²) in [5, 5.41) is 3.76. The van der Waals surface area contributed by atoms with E-state index in [0.717, 1.165) is 17.8 Å². The molecule has 0 aliphatic heterocycles. The van der Waals surface area contributed by atoms with Crippen molar-refractivity contribution in [3.63, 3.8) is 0 Å². The van der Waals surface area contributed by atoms with Crippen LogP contribution in [0.2, 0.25) is 0 Å². The summed E-state index contributed by atoms with van der Waals surface area (Å²) in [6, 6.07) is 0. The first kappa shape index (κ1) is 18.0. The number of hydrogen-bond donors (Lipinski definition) is 1. The summed E-state index contributed by atoms with van der Waals surface area (Å²) >= 11 is 0. The van der Waals surface area contributed by atoms with Gasteiger partial charge in [0.25, 0.3) is 0 Å². The Bertz CT molecular complexity index is 266. The lowest BCUT2D eigenvalue weighted by Gasteiger charge is -2.47. The van der Waals surface area contributed by atoms with Crippen molar-refractivity contribution in [1.29, 1.82) is 0 Å². The average molecular weight is 282 g/mol. The molecule has 1 rings (SSSR count). The van der Waals surface area contributed by atoms with Gasteiger partial charge in [-0.2, -0.15) is 0 Å². The maximum Gasteiger partial charge on any atom is 0.00105 e. The Morgan fingerprint density at radius 1 is 1.10 bits per heavy atom. The van der Waals surface area contributed by atoms with Crippen molar-refractivity contribution >= 4 is 0 Å². The Morgan fingerprint density at radius 3 is 2.05 bits per heavy atom. The highest BCUT2D eigenvalue weighted by Gasteiger charge is 2.41. The summed E-state index contributed by atoms with van der Waals surface area (Å²) in [5.41, 5.74) is 1.05. The molecule has 1 unspecified atom stereocenters. The van der Waals surface area contributed by atoms with Crippen molar-refractivity contribution in [3.05, 3.63) is 0 Å². The van der Waals surface area contributed by atoms with Crippen LogP contribution in [0.1, 0.15) is 80.6 Å². The highest BCUT2D eigenvalue weighted by atomic mass is 14.9. The molecule has 0 saturated heterocycles. The molecular formula is C19H39N. The number of nitrogens with one attached hydrogen (secondary N) is 1. The number of rotatable bonds is 6. The summed E-state index contributed by atoms with van der Waals surface area (Å²) in [4.78, 5) is 0. The van der Waals surface area contributed by atoms with Crippen molar-refractivity contribution in [2.45, 2.75) is 80.6 Å². The fourth-order valence-electron chi connectivity index (χ4n) is 3.95. The zero-order chi connectivity index (χ0) is 15.4. The van der Waals surface area contributed by atoms with Gasteiger partial charge in [-0.05, 0) is 60.8 Å². The highest BCUT2D eigenvalue weighted by Crippen LogP contribution is 2.49. The smallest absolute Gasteiger partial charge is 0.00105 e. The monoisotopic (exact) mass is 281 g/mol. The molecular weight excluding hydrogens is 242 g/mol. The van der Waals surface area contributed by atoms with Gasteiger partial charge in [-0.15, -0.1) is 0 Å². The zero-order valence-corrected chi connectivity index (χ0v) is 15.2. The molecule has 1 atom stereocenters. The van der Waals surface area contributed by atoms with E-state index >= 15 is 0 Å². The molecule has 20 heavy (non-hydrogen) atoms. The standard InChI is InChI=1S/C19H39N/c1-8-16(4)19(14-20-13-15(2)3)11-9-17(10-12-19)18(5,6)7/h15-17,20H,8-14H2,1-7H3. The molecule has 0 heterocycles. The first-order valence-electron chi connectivity index (χ1n) is 8.92. The fraction of sp³-hybridized carbons (Fsp3) is 1.00. The Morgan fingerprint density at radius 2 is 1.65 bits per heavy atom. The third-order valence-corrected chi connectivity index (χ3v) is 5.89. The van der Waals surface area contributed by atoms with Crippen LogP contribution in [0.15, 0.2) is 0 Å². The first-order valence-corrected chi connectivity index (χ1v) is 8.92. The molecule has 1 aliphatic rings. The van der Waals surface area contributed by atoms with Gasteiger partial charge in [-0.25, -0.2) is 0 Å². The molecule has 1 aliphatic carbocycles. The largest absolute Gasteiger partial charge is 0.316 e. The summed E-state index contributed by atoms with van der Waals surface area (Å²) in [6.45, 7) is 19.1. The molecule has 1 saturated carbocycles. The van der Waals surface area contributed by atoms with Gasteiger partial charge in [0.05, 0.1) is 0 Å². The summed E-state index contributed by atoms with van der Waals surface area (Å²) in [6.07, 6.45) is 7.03. The summed E-state index contributed by atoms with van der Waals surface area (Å²) in [7, 11) is 0. The van der Waals surface area contributed by atoms with Crippen LogP contribution in [0, 0.1) is 28.6 Å². The van der Waals surface area contributed by atoms with Crippen LogP contribution in [0.4, 0.5) is 0 Å². The van der Waals surface area contributed by atoms with E-state index in [1.807, 2.05) is 0 Å². The Labute approximate surface area is 128 Å². The topological polar surface area (TPSA) is 12.0 Å². The third-order valence-electron chi connectivity index (χ3n) is 5.89. The lowest BCUT2D eigenvalue weighted by atomic mass is 9.59. The van der Waals surface area contributed by atoms with Gasteiger partial charge >= 0.3 is 0 Å². The van der Waals surface area contributed by atoms with E-state index in [1.165, 1.54) is 45.2 Å². The van der Waals surface area contributed by atoms with E-state index < -0.39 is 0 Å². The van der Waals surface area contributed by atoms with Crippen LogP contribution in [0.5, 0.6) is 0 Å². The lowest BCUT2D eigenvalue weighted by molar-refractivity contribution is 0.0430. The molecule has 1 heteroatoms. The van der Waals surface area contributed by atoms with Gasteiger partial charge in [0.15, 0.2) is 0 Å². The van der Waals surface area contributed by atoms with Crippen LogP contribution in [0.3, 0.4) is 0 Å². The minimum atomic E-state index is 0.493. The molecule has 120 valence electrons. The molecule has 1 nitrogen and oxygen atoms in total. The van der Waals surface area contributed by atoms with E-state index in [0.29, 0.717) is 10.8 Å². The average Bonchev–Trinajstić information content (AvgIpc) is 2.36. The van der Waals surface area contributed by atoms with Crippen molar-refractivity contribution in [2.24, 2.45) is 28.6 Å². The van der Waals surface area contributed by atoms with Gasteiger partial charge in [-0.3, -0.25) is 0 Å². The van der Waals surface area contributed by atoms with Gasteiger partial charge < -0.3 is 5.32 Å². The molecule has 0 aromatic carbocycles. The maximum atomic E-state index is 3.76. The van der Waals surface area contributed by atoms with Gasteiger partial charge in [0.1, 0.15) is 0 Å². The van der Waals surface area contributed by atoms with Gasteiger partial charge in [0, 0.05) is 6.54 Å². The van der Waals surface area contributed by atoms with E-state index in [9.17, 15) is 0 Å². The van der Waals surface area contributed by atoms with Crippen LogP contribution >= 0.6 is 0 Å². The summed E-state index contributed by atoms with van der Waals surface area (Å²) < 4.78 is 0. The van der Waals surface area contributed by atoms with E-state index in [1.54, 1.807) is 0 Å². The zero-order valence-electron chi connectivity index (χ0n) is 15.2. The van der Waals surface area contributed by atoms with Gasteiger partial charge in [0.2, 0.25) is 0 Å². The predicted molar refractivity (Wildman–Crippen MR) is 91.0 cm³/mol. The lowest BCUT2D eigenvalue weighted by Crippen LogP contribution is -2.44.